The molecule has 1 N–H and O–H groups in total. The van der Waals surface area contributed by atoms with Gasteiger partial charge in [-0.2, -0.15) is 11.8 Å². The van der Waals surface area contributed by atoms with Crippen molar-refractivity contribution in [3.05, 3.63) is 36.1 Å². The van der Waals surface area contributed by atoms with E-state index in [9.17, 15) is 4.79 Å². The van der Waals surface area contributed by atoms with Gasteiger partial charge in [-0.05, 0) is 37.7 Å². The van der Waals surface area contributed by atoms with Crippen LogP contribution < -0.4 is 5.32 Å². The molecule has 0 spiro atoms. The number of amides is 1. The molecule has 1 aromatic heterocycles. The topological polar surface area (TPSA) is 51.5 Å². The maximum atomic E-state index is 12.6. The number of ether oxygens (including phenoxy) is 1. The van der Waals surface area contributed by atoms with Crippen LogP contribution in [0.5, 0.6) is 0 Å². The molecule has 1 saturated heterocycles. The summed E-state index contributed by atoms with van der Waals surface area (Å²) < 4.78 is 11.4. The largest absolute Gasteiger partial charge is 0.460 e. The Morgan fingerprint density at radius 3 is 2.79 bits per heavy atom. The predicted molar refractivity (Wildman–Crippen MR) is 98.6 cm³/mol. The highest BCUT2D eigenvalue weighted by Crippen LogP contribution is 2.35. The normalized spacial score (nSPS) is 18.4. The fraction of sp³-hybridized carbons (Fsp3) is 0.526. The minimum Gasteiger partial charge on any atom is -0.460 e. The van der Waals surface area contributed by atoms with E-state index in [0.717, 1.165) is 48.5 Å². The second-order valence-electron chi connectivity index (χ2n) is 6.35. The van der Waals surface area contributed by atoms with Crippen LogP contribution in [-0.2, 0) is 9.53 Å². The molecule has 5 heteroatoms. The van der Waals surface area contributed by atoms with Gasteiger partial charge in [-0.25, -0.2) is 0 Å². The third-order valence-corrected chi connectivity index (χ3v) is 6.16. The molecule has 4 nitrogen and oxygen atoms in total. The van der Waals surface area contributed by atoms with Crippen LogP contribution in [0.2, 0.25) is 0 Å². The van der Waals surface area contributed by atoms with E-state index in [1.54, 1.807) is 0 Å². The lowest BCUT2D eigenvalue weighted by molar-refractivity contribution is -0.122. The molecular formula is C19H25NO3S. The van der Waals surface area contributed by atoms with Crippen LogP contribution in [0, 0.1) is 0 Å². The number of furan rings is 1. The fourth-order valence-corrected chi connectivity index (χ4v) is 4.41. The summed E-state index contributed by atoms with van der Waals surface area (Å²) in [5, 5.41) is 4.18. The first-order valence-electron chi connectivity index (χ1n) is 8.61. The minimum absolute atomic E-state index is 0.0247. The van der Waals surface area contributed by atoms with Crippen molar-refractivity contribution in [3.8, 4) is 0 Å². The Hall–Kier alpha value is -1.46. The molecule has 3 rings (SSSR count). The second kappa shape index (κ2) is 7.62. The number of carbonyl (C=O) groups is 1. The molecule has 2 aromatic rings. The van der Waals surface area contributed by atoms with E-state index < -0.39 is 0 Å². The van der Waals surface area contributed by atoms with Crippen LogP contribution in [0.1, 0.15) is 38.4 Å². The first kappa shape index (κ1) is 17.4. The van der Waals surface area contributed by atoms with E-state index in [0.29, 0.717) is 6.54 Å². The summed E-state index contributed by atoms with van der Waals surface area (Å²) in [6, 6.07) is 9.81. The van der Waals surface area contributed by atoms with Crippen molar-refractivity contribution in [2.75, 3.05) is 25.5 Å². The number of nitrogens with one attached hydrogen (secondary N) is 1. The molecule has 1 aromatic carbocycles. The Morgan fingerprint density at radius 1 is 1.33 bits per heavy atom. The van der Waals surface area contributed by atoms with Crippen molar-refractivity contribution < 1.29 is 13.9 Å². The molecule has 1 fully saturated rings. The zero-order valence-electron chi connectivity index (χ0n) is 14.3. The number of hydrogen-bond donors (Lipinski definition) is 1. The van der Waals surface area contributed by atoms with Gasteiger partial charge in [-0.3, -0.25) is 4.79 Å². The highest BCUT2D eigenvalue weighted by molar-refractivity contribution is 8.00. The lowest BCUT2D eigenvalue weighted by Crippen LogP contribution is -2.45. The number of rotatable bonds is 6. The van der Waals surface area contributed by atoms with Gasteiger partial charge in [0, 0.05) is 29.9 Å². The van der Waals surface area contributed by atoms with Gasteiger partial charge < -0.3 is 14.5 Å². The molecule has 24 heavy (non-hydrogen) atoms. The van der Waals surface area contributed by atoms with Gasteiger partial charge in [-0.15, -0.1) is 0 Å². The van der Waals surface area contributed by atoms with Gasteiger partial charge in [0.2, 0.25) is 5.91 Å². The first-order chi connectivity index (χ1) is 11.6. The Kier molecular flexibility index (Phi) is 5.51. The summed E-state index contributed by atoms with van der Waals surface area (Å²) in [4.78, 5) is 12.6. The number of carbonyl (C=O) groups excluding carboxylic acids is 1. The number of para-hydroxylation sites is 1. The van der Waals surface area contributed by atoms with Gasteiger partial charge in [-0.1, -0.05) is 25.1 Å². The van der Waals surface area contributed by atoms with Crippen molar-refractivity contribution in [2.45, 2.75) is 37.4 Å². The van der Waals surface area contributed by atoms with Gasteiger partial charge in [0.1, 0.15) is 11.3 Å². The number of thioether (sulfide) groups is 1. The molecule has 0 bridgehead atoms. The summed E-state index contributed by atoms with van der Waals surface area (Å²) in [7, 11) is 0. The standard InChI is InChI=1S/C19H25NO3S/c1-3-24-19(8-10-22-11-9-19)13-20-18(21)14(2)17-12-15-6-4-5-7-16(15)23-17/h4-7,12,14H,3,8-11,13H2,1-2H3,(H,20,21). The number of benzene rings is 1. The van der Waals surface area contributed by atoms with Crippen LogP contribution >= 0.6 is 11.8 Å². The quantitative estimate of drug-likeness (QED) is 0.859. The smallest absolute Gasteiger partial charge is 0.230 e. The summed E-state index contributed by atoms with van der Waals surface area (Å²) in [5.41, 5.74) is 0.828. The maximum absolute atomic E-state index is 12.6. The highest BCUT2D eigenvalue weighted by atomic mass is 32.2. The van der Waals surface area contributed by atoms with Crippen molar-refractivity contribution in [1.29, 1.82) is 0 Å². The molecule has 0 aliphatic carbocycles. The second-order valence-corrected chi connectivity index (χ2v) is 8.09. The Morgan fingerprint density at radius 2 is 2.08 bits per heavy atom. The average Bonchev–Trinajstić information content (AvgIpc) is 3.04. The summed E-state index contributed by atoms with van der Waals surface area (Å²) >= 11 is 1.93. The number of fused-ring (bicyclic) bond motifs is 1. The van der Waals surface area contributed by atoms with E-state index >= 15 is 0 Å². The van der Waals surface area contributed by atoms with Crippen LogP contribution in [-0.4, -0.2) is 36.2 Å². The minimum atomic E-state index is -0.291. The first-order valence-corrected chi connectivity index (χ1v) is 9.60. The third-order valence-electron chi connectivity index (χ3n) is 4.70. The van der Waals surface area contributed by atoms with Crippen molar-refractivity contribution in [1.82, 2.24) is 5.32 Å². The van der Waals surface area contributed by atoms with Crippen LogP contribution in [0.15, 0.2) is 34.7 Å². The van der Waals surface area contributed by atoms with Crippen LogP contribution in [0.4, 0.5) is 0 Å². The van der Waals surface area contributed by atoms with E-state index in [2.05, 4.69) is 12.2 Å². The van der Waals surface area contributed by atoms with E-state index in [-0.39, 0.29) is 16.6 Å². The predicted octanol–water partition coefficient (Wildman–Crippen LogP) is 3.95. The van der Waals surface area contributed by atoms with Crippen molar-refractivity contribution in [3.63, 3.8) is 0 Å². The lowest BCUT2D eigenvalue weighted by Gasteiger charge is -2.36. The lowest BCUT2D eigenvalue weighted by atomic mass is 9.98. The van der Waals surface area contributed by atoms with Gasteiger partial charge >= 0.3 is 0 Å². The SMILES string of the molecule is CCSC1(CNC(=O)C(C)c2cc3ccccc3o2)CCOCC1. The zero-order valence-corrected chi connectivity index (χ0v) is 15.2. The van der Waals surface area contributed by atoms with E-state index in [1.165, 1.54) is 0 Å². The molecule has 1 atom stereocenters. The molecule has 1 amide bonds. The Bertz CT molecular complexity index is 652. The monoisotopic (exact) mass is 347 g/mol. The molecular weight excluding hydrogens is 322 g/mol. The van der Waals surface area contributed by atoms with Gasteiger partial charge in [0.25, 0.3) is 0 Å². The van der Waals surface area contributed by atoms with Crippen molar-refractivity contribution >= 4 is 28.6 Å². The molecule has 0 saturated carbocycles. The van der Waals surface area contributed by atoms with E-state index in [4.69, 9.17) is 9.15 Å². The van der Waals surface area contributed by atoms with Crippen LogP contribution in [0.25, 0.3) is 11.0 Å². The Balaban J connectivity index is 1.64. The maximum Gasteiger partial charge on any atom is 0.230 e. The molecule has 0 radical (unpaired) electrons. The van der Waals surface area contributed by atoms with E-state index in [1.807, 2.05) is 49.0 Å². The molecule has 130 valence electrons. The Labute approximate surface area is 147 Å². The average molecular weight is 347 g/mol. The van der Waals surface area contributed by atoms with Gasteiger partial charge in [0.15, 0.2) is 0 Å². The molecule has 1 aliphatic rings. The van der Waals surface area contributed by atoms with Crippen LogP contribution in [0.3, 0.4) is 0 Å². The molecule has 2 heterocycles. The number of hydrogen-bond acceptors (Lipinski definition) is 4. The summed E-state index contributed by atoms with van der Waals surface area (Å²) in [6.45, 7) is 6.32. The van der Waals surface area contributed by atoms with Gasteiger partial charge in [0.05, 0.1) is 5.92 Å². The summed E-state index contributed by atoms with van der Waals surface area (Å²) in [5.74, 6) is 1.50. The van der Waals surface area contributed by atoms with Crippen molar-refractivity contribution in [2.24, 2.45) is 0 Å². The zero-order chi connectivity index (χ0) is 17.0. The highest BCUT2D eigenvalue weighted by Gasteiger charge is 2.33. The third kappa shape index (κ3) is 3.78. The molecule has 1 aliphatic heterocycles. The summed E-state index contributed by atoms with van der Waals surface area (Å²) in [6.07, 6.45) is 1.98. The molecule has 1 unspecified atom stereocenters. The fourth-order valence-electron chi connectivity index (χ4n) is 3.17.